The number of esters is 1. The Balaban J connectivity index is 2.77. The quantitative estimate of drug-likeness (QED) is 0.568. The molecule has 0 spiro atoms. The van der Waals surface area contributed by atoms with Crippen LogP contribution >= 0.6 is 15.9 Å². The Morgan fingerprint density at radius 2 is 1.95 bits per heavy atom. The molecule has 0 heterocycles. The smallest absolute Gasteiger partial charge is 0.316 e. The lowest BCUT2D eigenvalue weighted by Crippen LogP contribution is -2.27. The first kappa shape index (κ1) is 15.9. The monoisotopic (exact) mass is 326 g/mol. The number of benzene rings is 1. The van der Waals surface area contributed by atoms with Gasteiger partial charge in [0.2, 0.25) is 0 Å². The van der Waals surface area contributed by atoms with Gasteiger partial charge in [-0.25, -0.2) is 0 Å². The number of ether oxygens (including phenoxy) is 1. The number of hydrogen-bond acceptors (Lipinski definition) is 3. The SMILES string of the molecule is CCCC(C(=O)Cc1ccccc1Br)C(=O)OCC. The number of rotatable bonds is 7. The van der Waals surface area contributed by atoms with Gasteiger partial charge in [0.05, 0.1) is 6.61 Å². The molecule has 1 aromatic rings. The highest BCUT2D eigenvalue weighted by Gasteiger charge is 2.27. The molecule has 0 N–H and O–H groups in total. The van der Waals surface area contributed by atoms with E-state index in [1.165, 1.54) is 0 Å². The molecule has 0 aliphatic rings. The Bertz CT molecular complexity index is 443. The molecule has 0 amide bonds. The number of halogens is 1. The molecule has 4 heteroatoms. The van der Waals surface area contributed by atoms with Gasteiger partial charge in [-0.1, -0.05) is 47.5 Å². The second-order valence-corrected chi connectivity index (χ2v) is 5.18. The van der Waals surface area contributed by atoms with Crippen LogP contribution in [0, 0.1) is 5.92 Å². The molecule has 1 unspecified atom stereocenters. The lowest BCUT2D eigenvalue weighted by Gasteiger charge is -2.14. The Hall–Kier alpha value is -1.16. The Kier molecular flexibility index (Phi) is 6.78. The van der Waals surface area contributed by atoms with Gasteiger partial charge in [0.25, 0.3) is 0 Å². The maximum absolute atomic E-state index is 12.2. The number of hydrogen-bond donors (Lipinski definition) is 0. The Labute approximate surface area is 122 Å². The van der Waals surface area contributed by atoms with Crippen molar-refractivity contribution in [2.24, 2.45) is 5.92 Å². The molecular weight excluding hydrogens is 308 g/mol. The fourth-order valence-electron chi connectivity index (χ4n) is 1.89. The molecule has 0 saturated heterocycles. The second kappa shape index (κ2) is 8.10. The summed E-state index contributed by atoms with van der Waals surface area (Å²) in [6.45, 7) is 4.01. The predicted molar refractivity (Wildman–Crippen MR) is 77.9 cm³/mol. The number of Topliss-reactive ketones (excluding diaryl/α,β-unsaturated/α-hetero) is 1. The van der Waals surface area contributed by atoms with Crippen LogP contribution < -0.4 is 0 Å². The van der Waals surface area contributed by atoms with Crippen molar-refractivity contribution in [2.45, 2.75) is 33.1 Å². The molecule has 0 bridgehead atoms. The maximum Gasteiger partial charge on any atom is 0.316 e. The second-order valence-electron chi connectivity index (χ2n) is 4.33. The van der Waals surface area contributed by atoms with Crippen molar-refractivity contribution in [1.82, 2.24) is 0 Å². The molecule has 0 aliphatic carbocycles. The van der Waals surface area contributed by atoms with Crippen molar-refractivity contribution in [3.8, 4) is 0 Å². The molecule has 1 atom stereocenters. The highest BCUT2D eigenvalue weighted by molar-refractivity contribution is 9.10. The van der Waals surface area contributed by atoms with E-state index in [1.807, 2.05) is 31.2 Å². The number of carbonyl (C=O) groups excluding carboxylic acids is 2. The highest BCUT2D eigenvalue weighted by Crippen LogP contribution is 2.20. The van der Waals surface area contributed by atoms with Crippen LogP contribution in [0.25, 0.3) is 0 Å². The number of carbonyl (C=O) groups is 2. The molecule has 0 aliphatic heterocycles. The maximum atomic E-state index is 12.2. The largest absolute Gasteiger partial charge is 0.465 e. The Morgan fingerprint density at radius 1 is 1.26 bits per heavy atom. The molecule has 1 rings (SSSR count). The lowest BCUT2D eigenvalue weighted by molar-refractivity contribution is -0.151. The summed E-state index contributed by atoms with van der Waals surface area (Å²) in [5.74, 6) is -1.12. The number of ketones is 1. The van der Waals surface area contributed by atoms with Gasteiger partial charge in [0.15, 0.2) is 5.78 Å². The van der Waals surface area contributed by atoms with Crippen LogP contribution in [0.2, 0.25) is 0 Å². The zero-order chi connectivity index (χ0) is 14.3. The van der Waals surface area contributed by atoms with E-state index in [-0.39, 0.29) is 12.2 Å². The molecule has 0 fully saturated rings. The van der Waals surface area contributed by atoms with Crippen molar-refractivity contribution < 1.29 is 14.3 Å². The minimum Gasteiger partial charge on any atom is -0.465 e. The van der Waals surface area contributed by atoms with Crippen molar-refractivity contribution in [2.75, 3.05) is 6.61 Å². The van der Waals surface area contributed by atoms with Crippen LogP contribution in [-0.2, 0) is 20.7 Å². The summed E-state index contributed by atoms with van der Waals surface area (Å²) in [4.78, 5) is 24.0. The third-order valence-electron chi connectivity index (χ3n) is 2.86. The van der Waals surface area contributed by atoms with E-state index in [0.29, 0.717) is 13.0 Å². The van der Waals surface area contributed by atoms with Crippen LogP contribution in [0.3, 0.4) is 0 Å². The molecule has 0 radical (unpaired) electrons. The molecular formula is C15H19BrO3. The Morgan fingerprint density at radius 3 is 2.53 bits per heavy atom. The highest BCUT2D eigenvalue weighted by atomic mass is 79.9. The van der Waals surface area contributed by atoms with Gasteiger partial charge < -0.3 is 4.74 Å². The minimum atomic E-state index is -0.642. The average Bonchev–Trinajstić information content (AvgIpc) is 2.38. The van der Waals surface area contributed by atoms with Crippen molar-refractivity contribution in [1.29, 1.82) is 0 Å². The van der Waals surface area contributed by atoms with Gasteiger partial charge in [-0.3, -0.25) is 9.59 Å². The van der Waals surface area contributed by atoms with E-state index in [9.17, 15) is 9.59 Å². The van der Waals surface area contributed by atoms with E-state index in [0.717, 1.165) is 16.5 Å². The first-order chi connectivity index (χ1) is 9.10. The third kappa shape index (κ3) is 4.78. The van der Waals surface area contributed by atoms with Gasteiger partial charge in [-0.15, -0.1) is 0 Å². The normalized spacial score (nSPS) is 11.9. The van der Waals surface area contributed by atoms with Crippen LogP contribution in [0.4, 0.5) is 0 Å². The third-order valence-corrected chi connectivity index (χ3v) is 3.63. The first-order valence-electron chi connectivity index (χ1n) is 6.52. The summed E-state index contributed by atoms with van der Waals surface area (Å²) in [6, 6.07) is 7.55. The average molecular weight is 327 g/mol. The van der Waals surface area contributed by atoms with Gasteiger partial charge in [0.1, 0.15) is 5.92 Å². The zero-order valence-corrected chi connectivity index (χ0v) is 12.9. The van der Waals surface area contributed by atoms with Crippen LogP contribution in [0.5, 0.6) is 0 Å². The molecule has 3 nitrogen and oxygen atoms in total. The van der Waals surface area contributed by atoms with Crippen LogP contribution in [0.15, 0.2) is 28.7 Å². The summed E-state index contributed by atoms with van der Waals surface area (Å²) in [6.07, 6.45) is 1.58. The summed E-state index contributed by atoms with van der Waals surface area (Å²) in [7, 11) is 0. The fraction of sp³-hybridized carbons (Fsp3) is 0.467. The molecule has 1 aromatic carbocycles. The van der Waals surface area contributed by atoms with E-state index >= 15 is 0 Å². The van der Waals surface area contributed by atoms with E-state index < -0.39 is 11.9 Å². The van der Waals surface area contributed by atoms with E-state index in [4.69, 9.17) is 4.74 Å². The lowest BCUT2D eigenvalue weighted by atomic mass is 9.94. The predicted octanol–water partition coefficient (Wildman–Crippen LogP) is 3.54. The zero-order valence-electron chi connectivity index (χ0n) is 11.3. The van der Waals surface area contributed by atoms with Gasteiger partial charge in [0, 0.05) is 10.9 Å². The summed E-state index contributed by atoms with van der Waals surface area (Å²) in [5.41, 5.74) is 0.901. The van der Waals surface area contributed by atoms with Gasteiger partial charge >= 0.3 is 5.97 Å². The fourth-order valence-corrected chi connectivity index (χ4v) is 2.32. The van der Waals surface area contributed by atoms with Crippen LogP contribution in [-0.4, -0.2) is 18.4 Å². The molecule has 104 valence electrons. The van der Waals surface area contributed by atoms with Gasteiger partial charge in [-0.05, 0) is 25.0 Å². The first-order valence-corrected chi connectivity index (χ1v) is 7.32. The molecule has 19 heavy (non-hydrogen) atoms. The summed E-state index contributed by atoms with van der Waals surface area (Å²) in [5, 5.41) is 0. The van der Waals surface area contributed by atoms with E-state index in [1.54, 1.807) is 6.92 Å². The minimum absolute atomic E-state index is 0.0767. The molecule has 0 saturated carbocycles. The van der Waals surface area contributed by atoms with Crippen molar-refractivity contribution in [3.05, 3.63) is 34.3 Å². The van der Waals surface area contributed by atoms with Gasteiger partial charge in [-0.2, -0.15) is 0 Å². The van der Waals surface area contributed by atoms with Crippen LogP contribution in [0.1, 0.15) is 32.3 Å². The van der Waals surface area contributed by atoms with Crippen molar-refractivity contribution >= 4 is 27.7 Å². The summed E-state index contributed by atoms with van der Waals surface area (Å²) >= 11 is 3.41. The topological polar surface area (TPSA) is 43.4 Å². The molecule has 0 aromatic heterocycles. The summed E-state index contributed by atoms with van der Waals surface area (Å²) < 4.78 is 5.87. The van der Waals surface area contributed by atoms with Crippen molar-refractivity contribution in [3.63, 3.8) is 0 Å². The standard InChI is InChI=1S/C15H19BrO3/c1-3-7-12(15(18)19-4-2)14(17)10-11-8-5-6-9-13(11)16/h5-6,8-9,12H,3-4,7,10H2,1-2H3. The van der Waals surface area contributed by atoms with E-state index in [2.05, 4.69) is 15.9 Å².